The number of rotatable bonds is 11. The minimum absolute atomic E-state index is 0.200. The van der Waals surface area contributed by atoms with Gasteiger partial charge in [-0.1, -0.05) is 24.0 Å². The Morgan fingerprint density at radius 1 is 1.05 bits per heavy atom. The summed E-state index contributed by atoms with van der Waals surface area (Å²) in [6.07, 6.45) is 7.04. The van der Waals surface area contributed by atoms with Crippen LogP contribution in [0.1, 0.15) is 94.2 Å². The van der Waals surface area contributed by atoms with E-state index >= 15 is 0 Å². The lowest BCUT2D eigenvalue weighted by molar-refractivity contribution is -0.136. The van der Waals surface area contributed by atoms with Gasteiger partial charge in [-0.2, -0.15) is 5.10 Å². The Morgan fingerprint density at radius 3 is 2.78 bits per heavy atom. The fraction of sp³-hybridized carbons (Fsp3) is 0.381. The molecule has 282 valence electrons. The number of nitrogens with zero attached hydrogens (tertiary/aromatic N) is 5. The normalized spacial score (nSPS) is 18.5. The molecule has 0 saturated carbocycles. The number of hydrogen-bond donors (Lipinski definition) is 3. The zero-order valence-corrected chi connectivity index (χ0v) is 31.1. The molecule has 5 aromatic rings. The van der Waals surface area contributed by atoms with E-state index in [-0.39, 0.29) is 24.1 Å². The van der Waals surface area contributed by atoms with Gasteiger partial charge in [-0.3, -0.25) is 34.1 Å². The van der Waals surface area contributed by atoms with Crippen molar-refractivity contribution in [1.29, 1.82) is 0 Å². The molecule has 13 nitrogen and oxygen atoms in total. The first-order valence-electron chi connectivity index (χ1n) is 19.0. The number of ether oxygens (including phenoxy) is 1. The molecule has 3 aromatic heterocycles. The van der Waals surface area contributed by atoms with Gasteiger partial charge in [0.1, 0.15) is 11.9 Å². The number of benzene rings is 2. The Bertz CT molecular complexity index is 2390. The predicted molar refractivity (Wildman–Crippen MR) is 207 cm³/mol. The summed E-state index contributed by atoms with van der Waals surface area (Å²) in [5.41, 5.74) is 6.59. The van der Waals surface area contributed by atoms with Gasteiger partial charge in [0.05, 0.1) is 29.9 Å². The maximum absolute atomic E-state index is 13.3. The molecule has 3 aliphatic heterocycles. The number of piperidine rings is 1. The van der Waals surface area contributed by atoms with Crippen LogP contribution in [-0.4, -0.2) is 86.0 Å². The molecule has 3 N–H and O–H groups in total. The minimum Gasteiger partial charge on any atom is -0.380 e. The second-order valence-corrected chi connectivity index (χ2v) is 14.6. The van der Waals surface area contributed by atoms with Crippen molar-refractivity contribution in [2.45, 2.75) is 77.0 Å². The largest absolute Gasteiger partial charge is 0.380 e. The first kappa shape index (κ1) is 36.2. The van der Waals surface area contributed by atoms with Crippen LogP contribution in [0.25, 0.3) is 21.8 Å². The molecule has 2 atom stereocenters. The standard InChI is InChI=1S/C42H44N8O5/c1-26-30-14-13-28(40(52)45-38-23-33-29(24-43-38)21-34(44-33)35-12-8-17-48(35)2)22-37(30)50(47-26)18-20-55-19-6-4-3-5-9-27-10-7-11-31-32(27)25-49(42(31)54)36-15-16-39(51)46-41(36)53/h7,10-11,13-14,21-24,35-36,44H,3-4,6,8,12,15-20,25H2,1-2H3,(H,43,45,52)(H,46,51,53)/t35-,36?/m1/s1. The number of H-pyrrole nitrogens is 1. The Morgan fingerprint density at radius 2 is 1.95 bits per heavy atom. The summed E-state index contributed by atoms with van der Waals surface area (Å²) >= 11 is 0. The molecule has 2 fully saturated rings. The molecular formula is C42H44N8O5. The van der Waals surface area contributed by atoms with Gasteiger partial charge >= 0.3 is 0 Å². The highest BCUT2D eigenvalue weighted by Crippen LogP contribution is 2.33. The first-order valence-corrected chi connectivity index (χ1v) is 19.0. The van der Waals surface area contributed by atoms with Crippen molar-refractivity contribution >= 4 is 51.3 Å². The van der Waals surface area contributed by atoms with Crippen LogP contribution < -0.4 is 10.6 Å². The van der Waals surface area contributed by atoms with Crippen molar-refractivity contribution in [3.8, 4) is 11.8 Å². The average molecular weight is 741 g/mol. The fourth-order valence-electron chi connectivity index (χ4n) is 7.97. The Hall–Kier alpha value is -5.84. The van der Waals surface area contributed by atoms with Gasteiger partial charge in [0.2, 0.25) is 11.8 Å². The molecule has 1 unspecified atom stereocenters. The van der Waals surface area contributed by atoms with Crippen molar-refractivity contribution in [2.24, 2.45) is 0 Å². The van der Waals surface area contributed by atoms with E-state index in [1.807, 2.05) is 48.0 Å². The van der Waals surface area contributed by atoms with Gasteiger partial charge in [-0.25, -0.2) is 4.98 Å². The summed E-state index contributed by atoms with van der Waals surface area (Å²) in [5.74, 6) is 5.79. The number of carbonyl (C=O) groups is 4. The molecule has 0 aliphatic carbocycles. The van der Waals surface area contributed by atoms with Gasteiger partial charge in [-0.15, -0.1) is 0 Å². The summed E-state index contributed by atoms with van der Waals surface area (Å²) in [5, 5.41) is 12.0. The summed E-state index contributed by atoms with van der Waals surface area (Å²) < 4.78 is 7.84. The van der Waals surface area contributed by atoms with Crippen LogP contribution in [0.5, 0.6) is 0 Å². The molecule has 3 aliphatic rings. The van der Waals surface area contributed by atoms with Crippen LogP contribution >= 0.6 is 0 Å². The molecule has 55 heavy (non-hydrogen) atoms. The number of amides is 4. The zero-order valence-electron chi connectivity index (χ0n) is 31.1. The number of unbranched alkanes of at least 4 members (excludes halogenated alkanes) is 2. The topological polar surface area (TPSA) is 155 Å². The number of aryl methyl sites for hydroxylation is 1. The van der Waals surface area contributed by atoms with Crippen LogP contribution in [0, 0.1) is 18.8 Å². The number of aromatic amines is 1. The number of pyridine rings is 1. The van der Waals surface area contributed by atoms with Crippen LogP contribution in [0.4, 0.5) is 5.82 Å². The highest BCUT2D eigenvalue weighted by molar-refractivity contribution is 6.07. The number of nitrogens with one attached hydrogen (secondary N) is 3. The van der Waals surface area contributed by atoms with Gasteiger partial charge in [0, 0.05) is 77.5 Å². The van der Waals surface area contributed by atoms with Gasteiger partial charge in [-0.05, 0) is 88.5 Å². The predicted octanol–water partition coefficient (Wildman–Crippen LogP) is 5.24. The molecule has 0 bridgehead atoms. The van der Waals surface area contributed by atoms with E-state index in [2.05, 4.69) is 50.5 Å². The number of fused-ring (bicyclic) bond motifs is 3. The van der Waals surface area contributed by atoms with E-state index in [0.29, 0.717) is 62.1 Å². The average Bonchev–Trinajstić information content (AvgIpc) is 3.95. The third-order valence-electron chi connectivity index (χ3n) is 10.9. The van der Waals surface area contributed by atoms with Gasteiger partial charge in [0.25, 0.3) is 11.8 Å². The summed E-state index contributed by atoms with van der Waals surface area (Å²) in [4.78, 5) is 62.4. The SMILES string of the molecule is Cc1nn(CCOCCCCC#Cc2cccc3c2CN(C2CCC(=O)NC2=O)C3=O)c2cc(C(=O)Nc3cc4[nH]c([C@H]5CCCN5C)cc4cn3)ccc12. The number of imide groups is 1. The lowest BCUT2D eigenvalue weighted by Crippen LogP contribution is -2.52. The first-order chi connectivity index (χ1) is 26.7. The lowest BCUT2D eigenvalue weighted by atomic mass is 10.0. The molecular weight excluding hydrogens is 697 g/mol. The maximum Gasteiger partial charge on any atom is 0.256 e. The number of likely N-dealkylation sites (tertiary alicyclic amines) is 1. The third-order valence-corrected chi connectivity index (χ3v) is 10.9. The van der Waals surface area contributed by atoms with Gasteiger partial charge < -0.3 is 19.9 Å². The van der Waals surface area contributed by atoms with E-state index in [9.17, 15) is 19.2 Å². The van der Waals surface area contributed by atoms with Crippen LogP contribution in [0.2, 0.25) is 0 Å². The smallest absolute Gasteiger partial charge is 0.256 e. The fourth-order valence-corrected chi connectivity index (χ4v) is 7.97. The van der Waals surface area contributed by atoms with E-state index in [1.165, 1.54) is 12.1 Å². The molecule has 13 heteroatoms. The second-order valence-electron chi connectivity index (χ2n) is 14.6. The molecule has 0 spiro atoms. The van der Waals surface area contributed by atoms with E-state index in [0.717, 1.165) is 64.4 Å². The highest BCUT2D eigenvalue weighted by Gasteiger charge is 2.39. The van der Waals surface area contributed by atoms with Crippen LogP contribution in [-0.2, 0) is 27.4 Å². The molecule has 0 radical (unpaired) electrons. The zero-order chi connectivity index (χ0) is 38.1. The second kappa shape index (κ2) is 15.5. The third kappa shape index (κ3) is 7.48. The van der Waals surface area contributed by atoms with Crippen molar-refractivity contribution < 1.29 is 23.9 Å². The Balaban J connectivity index is 0.808. The molecule has 8 rings (SSSR count). The monoisotopic (exact) mass is 740 g/mol. The number of aromatic nitrogens is 4. The lowest BCUT2D eigenvalue weighted by Gasteiger charge is -2.29. The van der Waals surface area contributed by atoms with Crippen molar-refractivity contribution in [3.05, 3.63) is 88.4 Å². The number of hydrogen-bond acceptors (Lipinski definition) is 8. The van der Waals surface area contributed by atoms with E-state index in [1.54, 1.807) is 17.2 Å². The minimum atomic E-state index is -0.647. The Kier molecular flexibility index (Phi) is 10.2. The van der Waals surface area contributed by atoms with E-state index < -0.39 is 11.9 Å². The molecule has 4 amide bonds. The van der Waals surface area contributed by atoms with Crippen molar-refractivity contribution in [2.75, 3.05) is 32.1 Å². The number of anilines is 1. The van der Waals surface area contributed by atoms with Crippen LogP contribution in [0.3, 0.4) is 0 Å². The van der Waals surface area contributed by atoms with Gasteiger partial charge in [0.15, 0.2) is 0 Å². The van der Waals surface area contributed by atoms with Crippen molar-refractivity contribution in [3.63, 3.8) is 0 Å². The number of carbonyl (C=O) groups excluding carboxylic acids is 4. The molecule has 6 heterocycles. The molecule has 2 saturated heterocycles. The quantitative estimate of drug-likeness (QED) is 0.0945. The molecule has 2 aromatic carbocycles. The van der Waals surface area contributed by atoms with E-state index in [4.69, 9.17) is 9.84 Å². The summed E-state index contributed by atoms with van der Waals surface area (Å²) in [6, 6.07) is 14.9. The Labute approximate surface area is 318 Å². The van der Waals surface area contributed by atoms with Crippen LogP contribution in [0.15, 0.2) is 54.7 Å². The summed E-state index contributed by atoms with van der Waals surface area (Å²) in [7, 11) is 2.15. The van der Waals surface area contributed by atoms with Crippen molar-refractivity contribution in [1.82, 2.24) is 34.9 Å². The summed E-state index contributed by atoms with van der Waals surface area (Å²) in [6.45, 7) is 4.97. The highest BCUT2D eigenvalue weighted by atomic mass is 16.5. The maximum atomic E-state index is 13.3.